The summed E-state index contributed by atoms with van der Waals surface area (Å²) >= 11 is 0. The molecule has 1 N–H and O–H groups in total. The highest BCUT2D eigenvalue weighted by molar-refractivity contribution is 7.89. The number of carboxylic acids is 1. The topological polar surface area (TPSA) is 92.5 Å². The molecule has 21 heavy (non-hydrogen) atoms. The SMILES string of the molecule is CCC(CC)CN(CC)S(=O)(=O)c1cnn(CC(=O)O)c1. The minimum absolute atomic E-state index is 0.0385. The summed E-state index contributed by atoms with van der Waals surface area (Å²) in [5.74, 6) is -0.750. The third-order valence-electron chi connectivity index (χ3n) is 3.51. The number of hydrogen-bond donors (Lipinski definition) is 1. The van der Waals surface area contributed by atoms with Gasteiger partial charge in [0.25, 0.3) is 0 Å². The van der Waals surface area contributed by atoms with Crippen molar-refractivity contribution in [3.63, 3.8) is 0 Å². The van der Waals surface area contributed by atoms with E-state index in [1.165, 1.54) is 16.7 Å². The van der Waals surface area contributed by atoms with Gasteiger partial charge in [-0.3, -0.25) is 9.48 Å². The Morgan fingerprint density at radius 3 is 2.48 bits per heavy atom. The van der Waals surface area contributed by atoms with Gasteiger partial charge in [-0.05, 0) is 5.92 Å². The third kappa shape index (κ3) is 4.53. The summed E-state index contributed by atoms with van der Waals surface area (Å²) in [5.41, 5.74) is 0. The van der Waals surface area contributed by atoms with Gasteiger partial charge in [0.05, 0.1) is 6.20 Å². The van der Waals surface area contributed by atoms with Crippen LogP contribution in [0.1, 0.15) is 33.6 Å². The lowest BCUT2D eigenvalue weighted by atomic mass is 10.0. The average Bonchev–Trinajstić information content (AvgIpc) is 2.88. The molecule has 1 aromatic rings. The van der Waals surface area contributed by atoms with Crippen molar-refractivity contribution in [3.05, 3.63) is 12.4 Å². The van der Waals surface area contributed by atoms with Crippen molar-refractivity contribution in [1.29, 1.82) is 0 Å². The number of nitrogens with zero attached hydrogens (tertiary/aromatic N) is 3. The lowest BCUT2D eigenvalue weighted by Gasteiger charge is -2.24. The minimum atomic E-state index is -3.62. The molecule has 0 aliphatic rings. The van der Waals surface area contributed by atoms with E-state index in [1.807, 2.05) is 13.8 Å². The number of hydrogen-bond acceptors (Lipinski definition) is 4. The van der Waals surface area contributed by atoms with Gasteiger partial charge < -0.3 is 5.11 Å². The number of sulfonamides is 1. The molecule has 0 aromatic carbocycles. The smallest absolute Gasteiger partial charge is 0.325 e. The molecule has 0 unspecified atom stereocenters. The van der Waals surface area contributed by atoms with Crippen LogP contribution in [-0.2, 0) is 21.4 Å². The molecule has 1 rings (SSSR count). The first kappa shape index (κ1) is 17.6. The van der Waals surface area contributed by atoms with E-state index in [1.54, 1.807) is 6.92 Å². The van der Waals surface area contributed by atoms with Gasteiger partial charge in [-0.15, -0.1) is 0 Å². The molecule has 0 aliphatic heterocycles. The zero-order chi connectivity index (χ0) is 16.0. The van der Waals surface area contributed by atoms with Gasteiger partial charge in [-0.1, -0.05) is 33.6 Å². The molecule has 0 saturated heterocycles. The lowest BCUT2D eigenvalue weighted by molar-refractivity contribution is -0.137. The molecule has 7 nitrogen and oxygen atoms in total. The van der Waals surface area contributed by atoms with Crippen LogP contribution in [0.15, 0.2) is 17.3 Å². The maximum atomic E-state index is 12.6. The molecule has 120 valence electrons. The van der Waals surface area contributed by atoms with E-state index in [4.69, 9.17) is 5.11 Å². The van der Waals surface area contributed by atoms with Crippen LogP contribution in [0.3, 0.4) is 0 Å². The zero-order valence-corrected chi connectivity index (χ0v) is 13.5. The number of carbonyl (C=O) groups is 1. The summed E-state index contributed by atoms with van der Waals surface area (Å²) in [6.07, 6.45) is 4.30. The molecular weight excluding hydrogens is 294 g/mol. The summed E-state index contributed by atoms with van der Waals surface area (Å²) in [5, 5.41) is 12.5. The van der Waals surface area contributed by atoms with Gasteiger partial charge in [-0.25, -0.2) is 8.42 Å². The molecule has 1 aromatic heterocycles. The van der Waals surface area contributed by atoms with Crippen LogP contribution in [0.25, 0.3) is 0 Å². The van der Waals surface area contributed by atoms with Crippen LogP contribution in [0.5, 0.6) is 0 Å². The standard InChI is InChI=1S/C13H23N3O4S/c1-4-11(5-2)8-16(6-3)21(19,20)12-7-14-15(9-12)10-13(17)18/h7,9,11H,4-6,8,10H2,1-3H3,(H,17,18). The first-order valence-electron chi connectivity index (χ1n) is 7.09. The van der Waals surface area contributed by atoms with Crippen molar-refractivity contribution < 1.29 is 18.3 Å². The Labute approximate surface area is 125 Å². The number of rotatable bonds is 9. The van der Waals surface area contributed by atoms with E-state index in [0.717, 1.165) is 17.5 Å². The number of carboxylic acid groups (broad SMARTS) is 1. The van der Waals surface area contributed by atoms with Crippen LogP contribution >= 0.6 is 0 Å². The fourth-order valence-electron chi connectivity index (χ4n) is 2.08. The van der Waals surface area contributed by atoms with Crippen molar-refractivity contribution in [3.8, 4) is 0 Å². The van der Waals surface area contributed by atoms with Crippen LogP contribution in [-0.4, -0.2) is 46.7 Å². The molecule has 0 amide bonds. The van der Waals surface area contributed by atoms with E-state index >= 15 is 0 Å². The molecule has 0 radical (unpaired) electrons. The summed E-state index contributed by atoms with van der Waals surface area (Å²) in [4.78, 5) is 10.7. The summed E-state index contributed by atoms with van der Waals surface area (Å²) in [6.45, 7) is 6.37. The van der Waals surface area contributed by atoms with Crippen LogP contribution in [0.4, 0.5) is 0 Å². The van der Waals surface area contributed by atoms with Gasteiger partial charge >= 0.3 is 5.97 Å². The molecule has 0 fully saturated rings. The van der Waals surface area contributed by atoms with E-state index in [2.05, 4.69) is 5.10 Å². The fraction of sp³-hybridized carbons (Fsp3) is 0.692. The molecule has 0 aliphatic carbocycles. The van der Waals surface area contributed by atoms with E-state index in [0.29, 0.717) is 19.0 Å². The Hall–Kier alpha value is -1.41. The quantitative estimate of drug-likeness (QED) is 0.743. The molecule has 0 atom stereocenters. The summed E-state index contributed by atoms with van der Waals surface area (Å²) in [7, 11) is -3.62. The van der Waals surface area contributed by atoms with E-state index < -0.39 is 16.0 Å². The highest BCUT2D eigenvalue weighted by atomic mass is 32.2. The monoisotopic (exact) mass is 317 g/mol. The third-order valence-corrected chi connectivity index (χ3v) is 5.41. The van der Waals surface area contributed by atoms with Gasteiger partial charge in [0.2, 0.25) is 10.0 Å². The van der Waals surface area contributed by atoms with Crippen molar-refractivity contribution in [2.24, 2.45) is 5.92 Å². The summed E-state index contributed by atoms with van der Waals surface area (Å²) in [6, 6.07) is 0. The Balaban J connectivity index is 2.96. The van der Waals surface area contributed by atoms with Crippen molar-refractivity contribution >= 4 is 16.0 Å². The molecule has 0 saturated carbocycles. The maximum absolute atomic E-state index is 12.6. The second-order valence-electron chi connectivity index (χ2n) is 4.91. The maximum Gasteiger partial charge on any atom is 0.325 e. The second-order valence-corrected chi connectivity index (χ2v) is 6.84. The largest absolute Gasteiger partial charge is 0.480 e. The van der Waals surface area contributed by atoms with Gasteiger partial charge in [0.1, 0.15) is 11.4 Å². The summed E-state index contributed by atoms with van der Waals surface area (Å²) < 4.78 is 27.6. The van der Waals surface area contributed by atoms with Gasteiger partial charge in [0, 0.05) is 19.3 Å². The lowest BCUT2D eigenvalue weighted by Crippen LogP contribution is -2.35. The van der Waals surface area contributed by atoms with Crippen molar-refractivity contribution in [2.75, 3.05) is 13.1 Å². The highest BCUT2D eigenvalue weighted by Gasteiger charge is 2.26. The molecule has 8 heteroatoms. The zero-order valence-electron chi connectivity index (χ0n) is 12.7. The van der Waals surface area contributed by atoms with E-state index in [9.17, 15) is 13.2 Å². The minimum Gasteiger partial charge on any atom is -0.480 e. The molecular formula is C13H23N3O4S. The normalized spacial score (nSPS) is 12.2. The number of aromatic nitrogens is 2. The van der Waals surface area contributed by atoms with Crippen LogP contribution in [0.2, 0.25) is 0 Å². The average molecular weight is 317 g/mol. The van der Waals surface area contributed by atoms with Crippen LogP contribution in [0, 0.1) is 5.92 Å². The highest BCUT2D eigenvalue weighted by Crippen LogP contribution is 2.18. The predicted molar refractivity (Wildman–Crippen MR) is 78.4 cm³/mol. The first-order chi connectivity index (χ1) is 9.84. The van der Waals surface area contributed by atoms with Gasteiger partial charge in [-0.2, -0.15) is 9.40 Å². The fourth-order valence-corrected chi connectivity index (χ4v) is 3.56. The Kier molecular flexibility index (Phi) is 6.35. The number of aliphatic carboxylic acids is 1. The predicted octanol–water partition coefficient (Wildman–Crippen LogP) is 1.41. The van der Waals surface area contributed by atoms with Gasteiger partial charge in [0.15, 0.2) is 0 Å². The van der Waals surface area contributed by atoms with Crippen molar-refractivity contribution in [2.45, 2.75) is 45.1 Å². The first-order valence-corrected chi connectivity index (χ1v) is 8.53. The Bertz CT molecular complexity index is 564. The molecule has 0 spiro atoms. The van der Waals surface area contributed by atoms with E-state index in [-0.39, 0.29) is 11.4 Å². The Morgan fingerprint density at radius 1 is 1.38 bits per heavy atom. The molecule has 1 heterocycles. The van der Waals surface area contributed by atoms with Crippen molar-refractivity contribution in [1.82, 2.24) is 14.1 Å². The van der Waals surface area contributed by atoms with Crippen LogP contribution < -0.4 is 0 Å². The second kappa shape index (κ2) is 7.56. The Morgan fingerprint density at radius 2 is 2.00 bits per heavy atom. The molecule has 0 bridgehead atoms.